The Kier molecular flexibility index (Phi) is 5.01. The van der Waals surface area contributed by atoms with Crippen LogP contribution < -0.4 is 0 Å². The highest BCUT2D eigenvalue weighted by Gasteiger charge is 2.48. The molecule has 0 aromatic heterocycles. The maximum absolute atomic E-state index is 12.4. The second-order valence-electron chi connectivity index (χ2n) is 3.90. The average Bonchev–Trinajstić information content (AvgIpc) is 2.19. The Hall–Kier alpha value is -0.330. The fraction of sp³-hybridized carbons (Fsp3) is 1.00. The summed E-state index contributed by atoms with van der Waals surface area (Å²) in [6, 6.07) is 0. The average molecular weight is 242 g/mol. The minimum Gasteiger partial charge on any atom is -0.390 e. The Labute approximate surface area is 92.5 Å². The van der Waals surface area contributed by atoms with E-state index in [1.165, 1.54) is 0 Å². The Morgan fingerprint density at radius 1 is 1.38 bits per heavy atom. The van der Waals surface area contributed by atoms with Gasteiger partial charge in [0.25, 0.3) is 0 Å². The Balaban J connectivity index is 2.41. The number of rotatable bonds is 4. The van der Waals surface area contributed by atoms with Crippen LogP contribution in [0.5, 0.6) is 0 Å². The van der Waals surface area contributed by atoms with Gasteiger partial charge in [-0.3, -0.25) is 0 Å². The van der Waals surface area contributed by atoms with E-state index in [1.54, 1.807) is 0 Å². The van der Waals surface area contributed by atoms with Crippen LogP contribution in [0.25, 0.3) is 0 Å². The lowest BCUT2D eigenvalue weighted by molar-refractivity contribution is -0.311. The molecule has 0 unspecified atom stereocenters. The highest BCUT2D eigenvalue weighted by molar-refractivity contribution is 4.81. The normalized spacial score (nSPS) is 31.7. The highest BCUT2D eigenvalue weighted by Crippen LogP contribution is 2.32. The van der Waals surface area contributed by atoms with Gasteiger partial charge in [-0.15, -0.1) is 0 Å². The zero-order valence-corrected chi connectivity index (χ0v) is 9.17. The lowest BCUT2D eigenvalue weighted by atomic mass is 10.0. The van der Waals surface area contributed by atoms with Crippen LogP contribution in [0, 0.1) is 0 Å². The van der Waals surface area contributed by atoms with Crippen LogP contribution in [0.1, 0.15) is 32.6 Å². The molecular weight excluding hydrogens is 225 g/mol. The second-order valence-corrected chi connectivity index (χ2v) is 3.90. The van der Waals surface area contributed by atoms with E-state index in [0.717, 1.165) is 12.8 Å². The van der Waals surface area contributed by atoms with Crippen molar-refractivity contribution in [3.63, 3.8) is 0 Å². The standard InChI is InChI=1S/C10H17F3O3/c1-2-3-6-15-8-5-4-7(14)9(16-8)10(11,12)13/h7-9,14H,2-6H2,1H3/t7-,8-,9-/m0/s1. The maximum Gasteiger partial charge on any atom is 0.417 e. The van der Waals surface area contributed by atoms with Crippen molar-refractivity contribution in [2.75, 3.05) is 6.61 Å². The van der Waals surface area contributed by atoms with Gasteiger partial charge in [-0.25, -0.2) is 0 Å². The molecule has 1 fully saturated rings. The van der Waals surface area contributed by atoms with Gasteiger partial charge in [-0.1, -0.05) is 13.3 Å². The molecule has 0 aromatic rings. The van der Waals surface area contributed by atoms with E-state index >= 15 is 0 Å². The molecule has 0 radical (unpaired) electrons. The summed E-state index contributed by atoms with van der Waals surface area (Å²) in [5.41, 5.74) is 0. The van der Waals surface area contributed by atoms with Crippen molar-refractivity contribution >= 4 is 0 Å². The van der Waals surface area contributed by atoms with E-state index in [4.69, 9.17) is 9.47 Å². The van der Waals surface area contributed by atoms with Crippen molar-refractivity contribution in [1.29, 1.82) is 0 Å². The molecular formula is C10H17F3O3. The van der Waals surface area contributed by atoms with Gasteiger partial charge in [0.2, 0.25) is 0 Å². The van der Waals surface area contributed by atoms with Crippen LogP contribution in [-0.2, 0) is 9.47 Å². The number of unbranched alkanes of at least 4 members (excludes halogenated alkanes) is 1. The van der Waals surface area contributed by atoms with Gasteiger partial charge in [0.05, 0.1) is 6.10 Å². The van der Waals surface area contributed by atoms with E-state index < -0.39 is 24.7 Å². The molecule has 1 heterocycles. The van der Waals surface area contributed by atoms with Gasteiger partial charge < -0.3 is 14.6 Å². The van der Waals surface area contributed by atoms with E-state index in [1.807, 2.05) is 6.92 Å². The third kappa shape index (κ3) is 3.92. The van der Waals surface area contributed by atoms with Gasteiger partial charge in [0, 0.05) is 13.0 Å². The number of halogens is 3. The monoisotopic (exact) mass is 242 g/mol. The van der Waals surface area contributed by atoms with E-state index in [-0.39, 0.29) is 6.42 Å². The first-order valence-electron chi connectivity index (χ1n) is 5.47. The van der Waals surface area contributed by atoms with Gasteiger partial charge in [-0.05, 0) is 12.8 Å². The van der Waals surface area contributed by atoms with Crippen molar-refractivity contribution in [1.82, 2.24) is 0 Å². The van der Waals surface area contributed by atoms with Crippen LogP contribution in [0.3, 0.4) is 0 Å². The molecule has 1 saturated heterocycles. The summed E-state index contributed by atoms with van der Waals surface area (Å²) >= 11 is 0. The molecule has 1 N–H and O–H groups in total. The number of hydrogen-bond donors (Lipinski definition) is 1. The number of alkyl halides is 3. The Morgan fingerprint density at radius 3 is 2.62 bits per heavy atom. The highest BCUT2D eigenvalue weighted by atomic mass is 19.4. The zero-order chi connectivity index (χ0) is 12.2. The third-order valence-electron chi connectivity index (χ3n) is 2.47. The third-order valence-corrected chi connectivity index (χ3v) is 2.47. The summed E-state index contributed by atoms with van der Waals surface area (Å²) in [6.45, 7) is 2.36. The minimum atomic E-state index is -4.54. The number of hydrogen-bond acceptors (Lipinski definition) is 3. The van der Waals surface area contributed by atoms with Crippen molar-refractivity contribution in [2.45, 2.75) is 57.3 Å². The van der Waals surface area contributed by atoms with Crippen LogP contribution in [0.4, 0.5) is 13.2 Å². The molecule has 0 bridgehead atoms. The molecule has 1 aliphatic heterocycles. The Morgan fingerprint density at radius 2 is 2.06 bits per heavy atom. The summed E-state index contributed by atoms with van der Waals surface area (Å²) in [5, 5.41) is 9.19. The number of aliphatic hydroxyl groups excluding tert-OH is 1. The summed E-state index contributed by atoms with van der Waals surface area (Å²) in [6.07, 6.45) is -6.91. The van der Waals surface area contributed by atoms with Crippen molar-refractivity contribution < 1.29 is 27.8 Å². The van der Waals surface area contributed by atoms with Crippen molar-refractivity contribution in [3.05, 3.63) is 0 Å². The molecule has 0 saturated carbocycles. The van der Waals surface area contributed by atoms with Gasteiger partial charge >= 0.3 is 6.18 Å². The van der Waals surface area contributed by atoms with Crippen molar-refractivity contribution in [3.8, 4) is 0 Å². The first kappa shape index (κ1) is 13.7. The lowest BCUT2D eigenvalue weighted by Gasteiger charge is -2.34. The van der Waals surface area contributed by atoms with Crippen LogP contribution >= 0.6 is 0 Å². The molecule has 1 aliphatic rings. The smallest absolute Gasteiger partial charge is 0.390 e. The molecule has 1 rings (SSSR count). The molecule has 3 nitrogen and oxygen atoms in total. The van der Waals surface area contributed by atoms with Crippen molar-refractivity contribution in [2.24, 2.45) is 0 Å². The molecule has 0 amide bonds. The molecule has 0 aromatic carbocycles. The molecule has 3 atom stereocenters. The summed E-state index contributed by atoms with van der Waals surface area (Å²) in [5.74, 6) is 0. The largest absolute Gasteiger partial charge is 0.417 e. The van der Waals surface area contributed by atoms with E-state index in [2.05, 4.69) is 0 Å². The quantitative estimate of drug-likeness (QED) is 0.768. The molecule has 16 heavy (non-hydrogen) atoms. The molecule has 0 aliphatic carbocycles. The van der Waals surface area contributed by atoms with E-state index in [9.17, 15) is 18.3 Å². The first-order valence-corrected chi connectivity index (χ1v) is 5.47. The topological polar surface area (TPSA) is 38.7 Å². The lowest BCUT2D eigenvalue weighted by Crippen LogP contribution is -2.48. The minimum absolute atomic E-state index is 0.0565. The van der Waals surface area contributed by atoms with Crippen LogP contribution in [0.2, 0.25) is 0 Å². The zero-order valence-electron chi connectivity index (χ0n) is 9.17. The predicted molar refractivity (Wildman–Crippen MR) is 50.8 cm³/mol. The number of aliphatic hydroxyl groups is 1. The van der Waals surface area contributed by atoms with Gasteiger partial charge in [0.15, 0.2) is 12.4 Å². The first-order chi connectivity index (χ1) is 7.45. The SMILES string of the molecule is CCCCO[C@@H]1CC[C@H](O)[C@@H](C(F)(F)F)O1. The summed E-state index contributed by atoms with van der Waals surface area (Å²) in [7, 11) is 0. The fourth-order valence-electron chi connectivity index (χ4n) is 1.56. The van der Waals surface area contributed by atoms with Crippen LogP contribution in [-0.4, -0.2) is 36.4 Å². The van der Waals surface area contributed by atoms with Gasteiger partial charge in [0.1, 0.15) is 0 Å². The molecule has 0 spiro atoms. The van der Waals surface area contributed by atoms with Gasteiger partial charge in [-0.2, -0.15) is 13.2 Å². The van der Waals surface area contributed by atoms with Crippen LogP contribution in [0.15, 0.2) is 0 Å². The summed E-state index contributed by atoms with van der Waals surface area (Å²) in [4.78, 5) is 0. The summed E-state index contributed by atoms with van der Waals surface area (Å²) < 4.78 is 47.1. The predicted octanol–water partition coefficient (Wildman–Crippen LogP) is 2.23. The molecule has 96 valence electrons. The van der Waals surface area contributed by atoms with E-state index in [0.29, 0.717) is 13.0 Å². The Bertz CT molecular complexity index is 208. The maximum atomic E-state index is 12.4. The number of ether oxygens (including phenoxy) is 2. The fourth-order valence-corrected chi connectivity index (χ4v) is 1.56. The second kappa shape index (κ2) is 5.84. The molecule has 6 heteroatoms.